The number of piperidine rings is 1. The van der Waals surface area contributed by atoms with E-state index in [0.717, 1.165) is 68.5 Å². The molecular formula is C28H33ClN4O2. The summed E-state index contributed by atoms with van der Waals surface area (Å²) in [7, 11) is 0. The molecule has 0 bridgehead atoms. The lowest BCUT2D eigenvalue weighted by Gasteiger charge is -2.29. The predicted molar refractivity (Wildman–Crippen MR) is 140 cm³/mol. The van der Waals surface area contributed by atoms with Crippen LogP contribution in [-0.2, 0) is 17.8 Å². The van der Waals surface area contributed by atoms with Gasteiger partial charge in [0.05, 0.1) is 17.6 Å². The monoisotopic (exact) mass is 492 g/mol. The first-order chi connectivity index (χ1) is 17.1. The lowest BCUT2D eigenvalue weighted by Crippen LogP contribution is -2.41. The molecule has 2 aliphatic rings. The number of rotatable bonds is 7. The lowest BCUT2D eigenvalue weighted by molar-refractivity contribution is -0.132. The summed E-state index contributed by atoms with van der Waals surface area (Å²) in [6, 6.07) is 15.7. The van der Waals surface area contributed by atoms with E-state index in [1.54, 1.807) is 4.68 Å². The number of carbonyl (C=O) groups excluding carboxylic acids is 1. The van der Waals surface area contributed by atoms with Gasteiger partial charge in [0.15, 0.2) is 0 Å². The van der Waals surface area contributed by atoms with Crippen LogP contribution >= 0.6 is 11.6 Å². The normalized spacial score (nSPS) is 18.9. The third kappa shape index (κ3) is 5.60. The zero-order valence-electron chi connectivity index (χ0n) is 20.2. The second-order valence-electron chi connectivity index (χ2n) is 9.81. The molecule has 2 aromatic carbocycles. The molecule has 184 valence electrons. The van der Waals surface area contributed by atoms with Crippen LogP contribution in [0.4, 0.5) is 0 Å². The highest BCUT2D eigenvalue weighted by molar-refractivity contribution is 6.30. The van der Waals surface area contributed by atoms with Crippen molar-refractivity contribution in [3.05, 3.63) is 75.2 Å². The van der Waals surface area contributed by atoms with Crippen LogP contribution in [0, 0.1) is 0 Å². The Bertz CT molecular complexity index is 1230. The van der Waals surface area contributed by atoms with Crippen molar-refractivity contribution in [3.8, 4) is 0 Å². The molecule has 2 aliphatic heterocycles. The molecule has 1 atom stereocenters. The Balaban J connectivity index is 1.34. The second kappa shape index (κ2) is 10.9. The number of benzene rings is 2. The number of amides is 1. The van der Waals surface area contributed by atoms with E-state index in [2.05, 4.69) is 4.90 Å². The standard InChI is InChI=1S/C28H33ClN4O2/c29-22-12-10-21(11-13-22)19-26-24-8-2-3-9-25(24)28(35)33(30-26)20-23-7-6-17-31(23)18-14-27(34)32-15-4-1-5-16-32/h2-3,8-13,23H,1,4-7,14-20H2/t23-/m1/s1. The number of carbonyl (C=O) groups is 1. The van der Waals surface area contributed by atoms with Crippen molar-refractivity contribution in [2.75, 3.05) is 26.2 Å². The van der Waals surface area contributed by atoms with Crippen LogP contribution in [0.1, 0.15) is 49.8 Å². The summed E-state index contributed by atoms with van der Waals surface area (Å²) >= 11 is 6.06. The average Bonchev–Trinajstić information content (AvgIpc) is 3.34. The number of fused-ring (bicyclic) bond motifs is 1. The Hall–Kier alpha value is -2.70. The van der Waals surface area contributed by atoms with Crippen LogP contribution in [0.3, 0.4) is 0 Å². The molecule has 3 aromatic rings. The van der Waals surface area contributed by atoms with Crippen LogP contribution in [0.2, 0.25) is 5.02 Å². The largest absolute Gasteiger partial charge is 0.343 e. The minimum atomic E-state index is -0.0447. The maximum absolute atomic E-state index is 13.3. The summed E-state index contributed by atoms with van der Waals surface area (Å²) in [5.74, 6) is 0.265. The van der Waals surface area contributed by atoms with Crippen molar-refractivity contribution >= 4 is 28.3 Å². The molecule has 1 aromatic heterocycles. The molecule has 3 heterocycles. The second-order valence-corrected chi connectivity index (χ2v) is 10.2. The number of hydrogen-bond donors (Lipinski definition) is 0. The summed E-state index contributed by atoms with van der Waals surface area (Å²) in [6.07, 6.45) is 6.76. The van der Waals surface area contributed by atoms with Crippen molar-refractivity contribution in [2.45, 2.75) is 57.5 Å². The average molecular weight is 493 g/mol. The molecule has 0 N–H and O–H groups in total. The molecule has 0 spiro atoms. The fourth-order valence-electron chi connectivity index (χ4n) is 5.49. The molecule has 5 rings (SSSR count). The highest BCUT2D eigenvalue weighted by Crippen LogP contribution is 2.22. The topological polar surface area (TPSA) is 58.4 Å². The van der Waals surface area contributed by atoms with Gasteiger partial charge in [0.25, 0.3) is 5.56 Å². The quantitative estimate of drug-likeness (QED) is 0.487. The van der Waals surface area contributed by atoms with E-state index < -0.39 is 0 Å². The van der Waals surface area contributed by atoms with E-state index >= 15 is 0 Å². The summed E-state index contributed by atoms with van der Waals surface area (Å²) in [4.78, 5) is 30.4. The van der Waals surface area contributed by atoms with E-state index in [1.165, 1.54) is 6.42 Å². The van der Waals surface area contributed by atoms with Crippen LogP contribution in [0.15, 0.2) is 53.3 Å². The van der Waals surface area contributed by atoms with Crippen LogP contribution in [-0.4, -0.2) is 57.7 Å². The molecule has 2 saturated heterocycles. The number of nitrogens with zero attached hydrogens (tertiary/aromatic N) is 4. The van der Waals surface area contributed by atoms with Crippen molar-refractivity contribution in [1.82, 2.24) is 19.6 Å². The maximum atomic E-state index is 13.3. The Morgan fingerprint density at radius 3 is 2.46 bits per heavy atom. The fourth-order valence-corrected chi connectivity index (χ4v) is 5.62. The summed E-state index contributed by atoms with van der Waals surface area (Å²) in [6.45, 7) is 4.07. The smallest absolute Gasteiger partial charge is 0.274 e. The summed E-state index contributed by atoms with van der Waals surface area (Å²) in [5.41, 5.74) is 1.96. The number of aromatic nitrogens is 2. The van der Waals surface area contributed by atoms with E-state index in [0.29, 0.717) is 29.8 Å². The highest BCUT2D eigenvalue weighted by Gasteiger charge is 2.27. The van der Waals surface area contributed by atoms with Gasteiger partial charge in [-0.25, -0.2) is 4.68 Å². The molecule has 7 heteroatoms. The van der Waals surface area contributed by atoms with E-state index in [9.17, 15) is 9.59 Å². The van der Waals surface area contributed by atoms with Gasteiger partial charge in [-0.1, -0.05) is 41.9 Å². The Morgan fingerprint density at radius 2 is 1.69 bits per heavy atom. The third-order valence-electron chi connectivity index (χ3n) is 7.43. The summed E-state index contributed by atoms with van der Waals surface area (Å²) < 4.78 is 1.66. The molecule has 6 nitrogen and oxygen atoms in total. The first-order valence-corrected chi connectivity index (χ1v) is 13.2. The van der Waals surface area contributed by atoms with Crippen molar-refractivity contribution < 1.29 is 4.79 Å². The minimum Gasteiger partial charge on any atom is -0.343 e. The first kappa shape index (κ1) is 24.0. The van der Waals surface area contributed by atoms with E-state index in [-0.39, 0.29) is 17.5 Å². The lowest BCUT2D eigenvalue weighted by atomic mass is 10.0. The Kier molecular flexibility index (Phi) is 7.49. The zero-order valence-corrected chi connectivity index (χ0v) is 20.9. The fraction of sp³-hybridized carbons (Fsp3) is 0.464. The molecule has 0 saturated carbocycles. The van der Waals surface area contributed by atoms with Gasteiger partial charge in [-0.15, -0.1) is 0 Å². The molecule has 1 amide bonds. The SMILES string of the molecule is O=C(CCN1CCC[C@@H]1Cn1nc(Cc2ccc(Cl)cc2)c2ccccc2c1=O)N1CCCCC1. The third-order valence-corrected chi connectivity index (χ3v) is 7.69. The van der Waals surface area contributed by atoms with Crippen LogP contribution in [0.5, 0.6) is 0 Å². The van der Waals surface area contributed by atoms with Gasteiger partial charge in [0.1, 0.15) is 0 Å². The van der Waals surface area contributed by atoms with Gasteiger partial charge < -0.3 is 4.90 Å². The molecule has 2 fully saturated rings. The Morgan fingerprint density at radius 1 is 0.943 bits per heavy atom. The molecule has 35 heavy (non-hydrogen) atoms. The summed E-state index contributed by atoms with van der Waals surface area (Å²) in [5, 5.41) is 7.17. The first-order valence-electron chi connectivity index (χ1n) is 12.8. The molecule has 0 aliphatic carbocycles. The van der Waals surface area contributed by atoms with Gasteiger partial charge in [-0.3, -0.25) is 14.5 Å². The van der Waals surface area contributed by atoms with Crippen LogP contribution in [0.25, 0.3) is 10.8 Å². The van der Waals surface area contributed by atoms with Crippen molar-refractivity contribution in [1.29, 1.82) is 0 Å². The van der Waals surface area contributed by atoms with Crippen molar-refractivity contribution in [2.24, 2.45) is 0 Å². The number of likely N-dealkylation sites (tertiary alicyclic amines) is 2. The van der Waals surface area contributed by atoms with Gasteiger partial charge in [0.2, 0.25) is 5.91 Å². The molecule has 0 radical (unpaired) electrons. The Labute approximate surface area is 211 Å². The zero-order chi connectivity index (χ0) is 24.2. The molecule has 0 unspecified atom stereocenters. The van der Waals surface area contributed by atoms with Gasteiger partial charge in [0, 0.05) is 48.9 Å². The van der Waals surface area contributed by atoms with E-state index in [4.69, 9.17) is 16.7 Å². The van der Waals surface area contributed by atoms with Crippen LogP contribution < -0.4 is 5.56 Å². The van der Waals surface area contributed by atoms with E-state index in [1.807, 2.05) is 53.4 Å². The number of hydrogen-bond acceptors (Lipinski definition) is 4. The minimum absolute atomic E-state index is 0.0447. The van der Waals surface area contributed by atoms with Gasteiger partial charge in [-0.2, -0.15) is 5.10 Å². The highest BCUT2D eigenvalue weighted by atomic mass is 35.5. The van der Waals surface area contributed by atoms with Gasteiger partial charge >= 0.3 is 0 Å². The predicted octanol–water partition coefficient (Wildman–Crippen LogP) is 4.51. The van der Waals surface area contributed by atoms with Crippen molar-refractivity contribution in [3.63, 3.8) is 0 Å². The van der Waals surface area contributed by atoms with Gasteiger partial charge in [-0.05, 0) is 62.4 Å². The molecular weight excluding hydrogens is 460 g/mol. The maximum Gasteiger partial charge on any atom is 0.274 e. The number of halogens is 1.